The number of nitrogens with two attached hydrogens (primary N) is 1. The van der Waals surface area contributed by atoms with Crippen LogP contribution in [0.4, 0.5) is 4.39 Å². The van der Waals surface area contributed by atoms with E-state index in [1.165, 1.54) is 6.07 Å². The Labute approximate surface area is 121 Å². The lowest BCUT2D eigenvalue weighted by Crippen LogP contribution is -2.14. The van der Waals surface area contributed by atoms with Crippen molar-refractivity contribution in [3.8, 4) is 0 Å². The molecule has 4 nitrogen and oxygen atoms in total. The monoisotopic (exact) mass is 335 g/mol. The Kier molecular flexibility index (Phi) is 3.19. The number of H-pyrrole nitrogens is 2. The molecule has 102 valence electrons. The maximum absolute atomic E-state index is 13.8. The van der Waals surface area contributed by atoms with E-state index >= 15 is 0 Å². The summed E-state index contributed by atoms with van der Waals surface area (Å²) in [7, 11) is 0. The summed E-state index contributed by atoms with van der Waals surface area (Å²) in [5, 5.41) is 0. The van der Waals surface area contributed by atoms with Gasteiger partial charge in [0, 0.05) is 10.0 Å². The quantitative estimate of drug-likeness (QED) is 0.673. The molecule has 0 aliphatic heterocycles. The molecule has 0 radical (unpaired) electrons. The Bertz CT molecular complexity index is 840. The van der Waals surface area contributed by atoms with E-state index < -0.39 is 6.04 Å². The van der Waals surface area contributed by atoms with E-state index in [4.69, 9.17) is 5.73 Å². The fraction of sp³-hybridized carbons (Fsp3) is 0.0714. The highest BCUT2D eigenvalue weighted by atomic mass is 79.9. The molecule has 6 heteroatoms. The highest BCUT2D eigenvalue weighted by Crippen LogP contribution is 2.30. The van der Waals surface area contributed by atoms with E-state index in [1.807, 2.05) is 0 Å². The van der Waals surface area contributed by atoms with Crippen LogP contribution in [-0.2, 0) is 0 Å². The van der Waals surface area contributed by atoms with Crippen LogP contribution in [0.2, 0.25) is 0 Å². The van der Waals surface area contributed by atoms with E-state index in [1.54, 1.807) is 30.3 Å². The minimum absolute atomic E-state index is 0.288. The van der Waals surface area contributed by atoms with Gasteiger partial charge in [0.2, 0.25) is 0 Å². The first-order valence-corrected chi connectivity index (χ1v) is 6.77. The van der Waals surface area contributed by atoms with Gasteiger partial charge in [0.25, 0.3) is 0 Å². The van der Waals surface area contributed by atoms with Crippen LogP contribution in [0.1, 0.15) is 17.2 Å². The Morgan fingerprint density at radius 3 is 2.45 bits per heavy atom. The number of halogens is 2. The van der Waals surface area contributed by atoms with Crippen molar-refractivity contribution in [3.63, 3.8) is 0 Å². The van der Waals surface area contributed by atoms with E-state index in [9.17, 15) is 9.18 Å². The summed E-state index contributed by atoms with van der Waals surface area (Å²) in [5.74, 6) is -0.352. The molecule has 4 N–H and O–H groups in total. The van der Waals surface area contributed by atoms with Gasteiger partial charge < -0.3 is 15.7 Å². The molecule has 0 aliphatic carbocycles. The molecule has 20 heavy (non-hydrogen) atoms. The molecule has 0 bridgehead atoms. The van der Waals surface area contributed by atoms with Crippen molar-refractivity contribution < 1.29 is 4.39 Å². The molecule has 3 rings (SSSR count). The normalized spacial score (nSPS) is 12.8. The number of rotatable bonds is 2. The van der Waals surface area contributed by atoms with Crippen LogP contribution >= 0.6 is 15.9 Å². The number of aromatic nitrogens is 2. The zero-order chi connectivity index (χ0) is 14.3. The number of nitrogens with one attached hydrogen (secondary N) is 2. The Morgan fingerprint density at radius 2 is 1.75 bits per heavy atom. The first kappa shape index (κ1) is 13.1. The topological polar surface area (TPSA) is 74.7 Å². The SMILES string of the molecule is NC(c1ccccc1F)c1cc2[nH]c(=O)[nH]c2cc1Br. The molecule has 0 amide bonds. The second-order valence-electron chi connectivity index (χ2n) is 4.50. The highest BCUT2D eigenvalue weighted by molar-refractivity contribution is 9.10. The van der Waals surface area contributed by atoms with Gasteiger partial charge in [0.1, 0.15) is 5.82 Å². The molecule has 0 saturated heterocycles. The summed E-state index contributed by atoms with van der Waals surface area (Å²) < 4.78 is 14.5. The second kappa shape index (κ2) is 4.88. The Hall–Kier alpha value is -1.92. The largest absolute Gasteiger partial charge is 0.323 e. The third-order valence-corrected chi connectivity index (χ3v) is 3.90. The van der Waals surface area contributed by atoms with Gasteiger partial charge >= 0.3 is 5.69 Å². The Balaban J connectivity index is 2.16. The van der Waals surface area contributed by atoms with Crippen LogP contribution in [0.5, 0.6) is 0 Å². The molecular formula is C14H11BrFN3O. The molecule has 0 fully saturated rings. The van der Waals surface area contributed by atoms with E-state index in [0.717, 1.165) is 4.47 Å². The molecule has 1 heterocycles. The summed E-state index contributed by atoms with van der Waals surface area (Å²) in [6.07, 6.45) is 0. The summed E-state index contributed by atoms with van der Waals surface area (Å²) in [5.41, 5.74) is 8.28. The lowest BCUT2D eigenvalue weighted by Gasteiger charge is -2.15. The van der Waals surface area contributed by atoms with Crippen LogP contribution < -0.4 is 11.4 Å². The summed E-state index contributed by atoms with van der Waals surface area (Å²) in [6.45, 7) is 0. The van der Waals surface area contributed by atoms with Crippen molar-refractivity contribution in [2.24, 2.45) is 5.73 Å². The number of fused-ring (bicyclic) bond motifs is 1. The van der Waals surface area contributed by atoms with Crippen LogP contribution in [0, 0.1) is 5.82 Å². The zero-order valence-electron chi connectivity index (χ0n) is 10.3. The van der Waals surface area contributed by atoms with Gasteiger partial charge in [-0.05, 0) is 23.8 Å². The van der Waals surface area contributed by atoms with Crippen LogP contribution in [-0.4, -0.2) is 9.97 Å². The second-order valence-corrected chi connectivity index (χ2v) is 5.35. The minimum Gasteiger partial charge on any atom is -0.320 e. The first-order valence-electron chi connectivity index (χ1n) is 5.97. The zero-order valence-corrected chi connectivity index (χ0v) is 11.9. The van der Waals surface area contributed by atoms with Crippen molar-refractivity contribution >= 4 is 27.0 Å². The van der Waals surface area contributed by atoms with Gasteiger partial charge in [-0.15, -0.1) is 0 Å². The third kappa shape index (κ3) is 2.17. The lowest BCUT2D eigenvalue weighted by atomic mass is 9.99. The number of benzene rings is 2. The van der Waals surface area contributed by atoms with Gasteiger partial charge in [0.05, 0.1) is 17.1 Å². The number of hydrogen-bond acceptors (Lipinski definition) is 2. The average molecular weight is 336 g/mol. The average Bonchev–Trinajstić information content (AvgIpc) is 2.76. The summed E-state index contributed by atoms with van der Waals surface area (Å²) in [6, 6.07) is 9.26. The smallest absolute Gasteiger partial charge is 0.320 e. The number of aromatic amines is 2. The predicted octanol–water partition coefficient (Wildman–Crippen LogP) is 2.81. The summed E-state index contributed by atoms with van der Waals surface area (Å²) >= 11 is 3.41. The fourth-order valence-electron chi connectivity index (χ4n) is 2.21. The van der Waals surface area contributed by atoms with Crippen molar-refractivity contribution in [3.05, 3.63) is 68.3 Å². The molecule has 0 saturated carbocycles. The highest BCUT2D eigenvalue weighted by Gasteiger charge is 2.17. The van der Waals surface area contributed by atoms with E-state index in [0.29, 0.717) is 22.2 Å². The molecular weight excluding hydrogens is 325 g/mol. The molecule has 1 aromatic heterocycles. The third-order valence-electron chi connectivity index (χ3n) is 3.21. The van der Waals surface area contributed by atoms with Gasteiger partial charge in [-0.2, -0.15) is 0 Å². The lowest BCUT2D eigenvalue weighted by molar-refractivity contribution is 0.599. The molecule has 1 unspecified atom stereocenters. The molecule has 0 aliphatic rings. The first-order chi connectivity index (χ1) is 9.56. The Morgan fingerprint density at radius 1 is 1.10 bits per heavy atom. The molecule has 0 spiro atoms. The van der Waals surface area contributed by atoms with Gasteiger partial charge in [0.15, 0.2) is 0 Å². The van der Waals surface area contributed by atoms with Crippen LogP contribution in [0.3, 0.4) is 0 Å². The van der Waals surface area contributed by atoms with Gasteiger partial charge in [-0.3, -0.25) is 0 Å². The van der Waals surface area contributed by atoms with E-state index in [2.05, 4.69) is 25.9 Å². The molecule has 1 atom stereocenters. The fourth-order valence-corrected chi connectivity index (χ4v) is 2.80. The van der Waals surface area contributed by atoms with E-state index in [-0.39, 0.29) is 11.5 Å². The predicted molar refractivity (Wildman–Crippen MR) is 79.0 cm³/mol. The van der Waals surface area contributed by atoms with Gasteiger partial charge in [-0.25, -0.2) is 9.18 Å². The molecule has 3 aromatic rings. The number of imidazole rings is 1. The van der Waals surface area contributed by atoms with Crippen molar-refractivity contribution in [2.75, 3.05) is 0 Å². The van der Waals surface area contributed by atoms with Crippen LogP contribution in [0.25, 0.3) is 11.0 Å². The van der Waals surface area contributed by atoms with Gasteiger partial charge in [-0.1, -0.05) is 34.1 Å². The summed E-state index contributed by atoms with van der Waals surface area (Å²) in [4.78, 5) is 16.6. The van der Waals surface area contributed by atoms with Crippen molar-refractivity contribution in [1.82, 2.24) is 9.97 Å². The maximum Gasteiger partial charge on any atom is 0.323 e. The van der Waals surface area contributed by atoms with Crippen molar-refractivity contribution in [1.29, 1.82) is 0 Å². The maximum atomic E-state index is 13.8. The minimum atomic E-state index is -0.617. The van der Waals surface area contributed by atoms with Crippen molar-refractivity contribution in [2.45, 2.75) is 6.04 Å². The number of hydrogen-bond donors (Lipinski definition) is 3. The standard InChI is InChI=1S/C14H11BrFN3O/c15-9-6-12-11(18-14(20)19-12)5-8(9)13(17)7-3-1-2-4-10(7)16/h1-6,13H,17H2,(H2,18,19,20). The van der Waals surface area contributed by atoms with Crippen LogP contribution in [0.15, 0.2) is 45.7 Å². The molecule has 2 aromatic carbocycles.